The molecule has 0 bridgehead atoms. The maximum atomic E-state index is 11.1. The molecule has 82 valence electrons. The zero-order chi connectivity index (χ0) is 11.3. The number of ether oxygens (including phenoxy) is 1. The van der Waals surface area contributed by atoms with Crippen LogP contribution in [0.1, 0.15) is 25.3 Å². The van der Waals surface area contributed by atoms with Crippen molar-refractivity contribution in [2.45, 2.75) is 19.8 Å². The molecule has 1 amide bonds. The number of carbonyl (C=O) groups is 1. The van der Waals surface area contributed by atoms with E-state index in [9.17, 15) is 4.79 Å². The van der Waals surface area contributed by atoms with Crippen molar-refractivity contribution in [3.8, 4) is 5.75 Å². The highest BCUT2D eigenvalue weighted by Crippen LogP contribution is 2.19. The molecule has 0 saturated carbocycles. The van der Waals surface area contributed by atoms with Crippen molar-refractivity contribution in [1.29, 1.82) is 0 Å². The molecule has 4 heteroatoms. The first kappa shape index (κ1) is 11.9. The molecule has 0 heterocycles. The Kier molecular flexibility index (Phi) is 4.49. The topological polar surface area (TPSA) is 38.3 Å². The molecule has 3 nitrogen and oxygen atoms in total. The number of thiol groups is 1. The van der Waals surface area contributed by atoms with E-state index in [-0.39, 0.29) is 5.88 Å². The maximum Gasteiger partial charge on any atom is 0.413 e. The molecule has 1 aromatic rings. The van der Waals surface area contributed by atoms with Gasteiger partial charge in [-0.2, -0.15) is 12.6 Å². The minimum Gasteiger partial charge on any atom is -0.410 e. The SMILES string of the molecule is CC(C)c1cccc(OC(=O)NCS)c1. The number of hydrogen-bond acceptors (Lipinski definition) is 3. The van der Waals surface area contributed by atoms with Gasteiger partial charge >= 0.3 is 6.09 Å². The monoisotopic (exact) mass is 225 g/mol. The van der Waals surface area contributed by atoms with Gasteiger partial charge in [-0.1, -0.05) is 26.0 Å². The van der Waals surface area contributed by atoms with Crippen LogP contribution in [0.2, 0.25) is 0 Å². The highest BCUT2D eigenvalue weighted by molar-refractivity contribution is 7.80. The zero-order valence-corrected chi connectivity index (χ0v) is 9.75. The van der Waals surface area contributed by atoms with Crippen LogP contribution in [-0.4, -0.2) is 12.0 Å². The molecule has 0 aliphatic heterocycles. The Morgan fingerprint density at radius 1 is 1.53 bits per heavy atom. The molecule has 0 radical (unpaired) electrons. The van der Waals surface area contributed by atoms with Crippen LogP contribution in [0.3, 0.4) is 0 Å². The van der Waals surface area contributed by atoms with E-state index in [4.69, 9.17) is 4.74 Å². The largest absolute Gasteiger partial charge is 0.413 e. The summed E-state index contributed by atoms with van der Waals surface area (Å²) in [5.74, 6) is 1.24. The van der Waals surface area contributed by atoms with Crippen LogP contribution in [-0.2, 0) is 0 Å². The predicted molar refractivity (Wildman–Crippen MR) is 63.5 cm³/mol. The smallest absolute Gasteiger partial charge is 0.410 e. The summed E-state index contributed by atoms with van der Waals surface area (Å²) in [6, 6.07) is 7.50. The molecule has 1 N–H and O–H groups in total. The fourth-order valence-electron chi connectivity index (χ4n) is 1.14. The number of nitrogens with one attached hydrogen (secondary N) is 1. The van der Waals surface area contributed by atoms with Gasteiger partial charge in [-0.15, -0.1) is 0 Å². The maximum absolute atomic E-state index is 11.1. The third-order valence-corrected chi connectivity index (χ3v) is 2.12. The third-order valence-electron chi connectivity index (χ3n) is 1.96. The van der Waals surface area contributed by atoms with Crippen molar-refractivity contribution in [2.75, 3.05) is 5.88 Å². The van der Waals surface area contributed by atoms with E-state index >= 15 is 0 Å². The summed E-state index contributed by atoms with van der Waals surface area (Å²) in [6.45, 7) is 4.18. The van der Waals surface area contributed by atoms with Gasteiger partial charge in [0, 0.05) is 0 Å². The lowest BCUT2D eigenvalue weighted by molar-refractivity contribution is 0.202. The second kappa shape index (κ2) is 5.66. The van der Waals surface area contributed by atoms with Crippen molar-refractivity contribution in [3.05, 3.63) is 29.8 Å². The Morgan fingerprint density at radius 2 is 2.27 bits per heavy atom. The van der Waals surface area contributed by atoms with Gasteiger partial charge in [-0.3, -0.25) is 0 Å². The van der Waals surface area contributed by atoms with Crippen LogP contribution < -0.4 is 10.1 Å². The molecular formula is C11H15NO2S. The predicted octanol–water partition coefficient (Wildman–Crippen LogP) is 2.79. The summed E-state index contributed by atoms with van der Waals surface area (Å²) in [7, 11) is 0. The van der Waals surface area contributed by atoms with Crippen molar-refractivity contribution < 1.29 is 9.53 Å². The average molecular weight is 225 g/mol. The Labute approximate surface area is 95.2 Å². The van der Waals surface area contributed by atoms with Crippen LogP contribution >= 0.6 is 12.6 Å². The lowest BCUT2D eigenvalue weighted by atomic mass is 10.0. The number of benzene rings is 1. The first-order valence-electron chi connectivity index (χ1n) is 4.80. The lowest BCUT2D eigenvalue weighted by Gasteiger charge is -2.08. The van der Waals surface area contributed by atoms with Gasteiger partial charge in [-0.25, -0.2) is 4.79 Å². The van der Waals surface area contributed by atoms with Gasteiger partial charge in [0.15, 0.2) is 0 Å². The molecule has 1 rings (SSSR count). The van der Waals surface area contributed by atoms with Gasteiger partial charge in [0.05, 0.1) is 5.88 Å². The summed E-state index contributed by atoms with van der Waals surface area (Å²) in [5.41, 5.74) is 1.14. The lowest BCUT2D eigenvalue weighted by Crippen LogP contribution is -2.25. The fourth-order valence-corrected chi connectivity index (χ4v) is 1.27. The molecule has 0 atom stereocenters. The first-order valence-corrected chi connectivity index (χ1v) is 5.43. The Morgan fingerprint density at radius 3 is 2.87 bits per heavy atom. The fraction of sp³-hybridized carbons (Fsp3) is 0.364. The van der Waals surface area contributed by atoms with Gasteiger partial charge in [-0.05, 0) is 23.6 Å². The molecule has 0 fully saturated rings. The third kappa shape index (κ3) is 3.83. The Bertz CT molecular complexity index is 339. The zero-order valence-electron chi connectivity index (χ0n) is 8.86. The number of rotatable bonds is 3. The van der Waals surface area contributed by atoms with Crippen LogP contribution in [0.4, 0.5) is 4.79 Å². The molecule has 15 heavy (non-hydrogen) atoms. The van der Waals surface area contributed by atoms with Crippen LogP contribution in [0.15, 0.2) is 24.3 Å². The van der Waals surface area contributed by atoms with Crippen molar-refractivity contribution >= 4 is 18.7 Å². The van der Waals surface area contributed by atoms with Crippen molar-refractivity contribution in [1.82, 2.24) is 5.32 Å². The highest BCUT2D eigenvalue weighted by Gasteiger charge is 2.04. The van der Waals surface area contributed by atoms with Gasteiger partial charge in [0.1, 0.15) is 5.75 Å². The summed E-state index contributed by atoms with van der Waals surface area (Å²) in [5, 5.41) is 2.45. The summed E-state index contributed by atoms with van der Waals surface area (Å²) in [4.78, 5) is 11.1. The Hall–Kier alpha value is -1.16. The summed E-state index contributed by atoms with van der Waals surface area (Å²) < 4.78 is 5.05. The molecule has 0 aromatic heterocycles. The van der Waals surface area contributed by atoms with Crippen LogP contribution in [0.25, 0.3) is 0 Å². The van der Waals surface area contributed by atoms with Gasteiger partial charge < -0.3 is 10.1 Å². The van der Waals surface area contributed by atoms with E-state index in [1.807, 2.05) is 18.2 Å². The van der Waals surface area contributed by atoms with E-state index < -0.39 is 6.09 Å². The van der Waals surface area contributed by atoms with Crippen LogP contribution in [0, 0.1) is 0 Å². The van der Waals surface area contributed by atoms with E-state index in [0.29, 0.717) is 11.7 Å². The van der Waals surface area contributed by atoms with E-state index in [1.54, 1.807) is 6.07 Å². The molecular weight excluding hydrogens is 210 g/mol. The second-order valence-corrected chi connectivity index (χ2v) is 3.77. The second-order valence-electron chi connectivity index (χ2n) is 3.45. The molecule has 0 unspecified atom stereocenters. The van der Waals surface area contributed by atoms with Gasteiger partial charge in [0.2, 0.25) is 0 Å². The van der Waals surface area contributed by atoms with E-state index in [0.717, 1.165) is 5.56 Å². The molecule has 0 aliphatic carbocycles. The molecule has 0 aliphatic rings. The van der Waals surface area contributed by atoms with Crippen molar-refractivity contribution in [2.24, 2.45) is 0 Å². The van der Waals surface area contributed by atoms with Crippen molar-refractivity contribution in [3.63, 3.8) is 0 Å². The summed E-state index contributed by atoms with van der Waals surface area (Å²) >= 11 is 3.87. The summed E-state index contributed by atoms with van der Waals surface area (Å²) in [6.07, 6.45) is -0.481. The number of hydrogen-bond donors (Lipinski definition) is 2. The van der Waals surface area contributed by atoms with E-state index in [1.165, 1.54) is 0 Å². The minimum atomic E-state index is -0.481. The van der Waals surface area contributed by atoms with Crippen LogP contribution in [0.5, 0.6) is 5.75 Å². The first-order chi connectivity index (χ1) is 7.13. The Balaban J connectivity index is 2.69. The molecule has 0 spiro atoms. The minimum absolute atomic E-state index is 0.267. The normalized spacial score (nSPS) is 10.1. The standard InChI is InChI=1S/C11H15NO2S/c1-8(2)9-4-3-5-10(6-9)14-11(13)12-7-15/h3-6,8,15H,7H2,1-2H3,(H,12,13). The van der Waals surface area contributed by atoms with E-state index in [2.05, 4.69) is 31.8 Å². The highest BCUT2D eigenvalue weighted by atomic mass is 32.1. The molecule has 0 saturated heterocycles. The number of amides is 1. The quantitative estimate of drug-likeness (QED) is 0.613. The van der Waals surface area contributed by atoms with Gasteiger partial charge in [0.25, 0.3) is 0 Å². The molecule has 1 aromatic carbocycles. The number of carbonyl (C=O) groups excluding carboxylic acids is 1. The average Bonchev–Trinajstić information content (AvgIpc) is 2.18.